The van der Waals surface area contributed by atoms with Gasteiger partial charge in [-0.2, -0.15) is 0 Å². The van der Waals surface area contributed by atoms with Crippen LogP contribution in [0.1, 0.15) is 26.3 Å². The first-order chi connectivity index (χ1) is 16.8. The van der Waals surface area contributed by atoms with Crippen molar-refractivity contribution >= 4 is 35.1 Å². The molecule has 10 heteroatoms. The fourth-order valence-electron chi connectivity index (χ4n) is 3.70. The second-order valence-corrected chi connectivity index (χ2v) is 7.69. The third kappa shape index (κ3) is 5.06. The van der Waals surface area contributed by atoms with Crippen molar-refractivity contribution in [2.24, 2.45) is 0 Å². The molecule has 3 amide bonds. The predicted molar refractivity (Wildman–Crippen MR) is 124 cm³/mol. The molecule has 0 saturated carbocycles. The lowest BCUT2D eigenvalue weighted by molar-refractivity contribution is -0.384. The van der Waals surface area contributed by atoms with Crippen LogP contribution in [0.4, 0.5) is 11.4 Å². The van der Waals surface area contributed by atoms with Gasteiger partial charge in [-0.3, -0.25) is 29.4 Å². The Hall–Kier alpha value is -4.86. The third-order valence-corrected chi connectivity index (χ3v) is 5.39. The average molecular weight is 473 g/mol. The summed E-state index contributed by atoms with van der Waals surface area (Å²) in [5.74, 6) is -2.83. The molecule has 4 rings (SSSR count). The number of non-ortho nitro benzene ring substituents is 1. The molecular formula is C25H19N3O7. The van der Waals surface area contributed by atoms with E-state index in [1.165, 1.54) is 36.4 Å². The highest BCUT2D eigenvalue weighted by Gasteiger charge is 2.43. The molecule has 1 unspecified atom stereocenters. The molecule has 3 aromatic rings. The standard InChI is InChI=1S/C25H19N3O7/c29-22(26-17-10-12-18(13-11-17)28(33)34)15-35-25(32)21(14-16-6-2-1-3-7-16)27-23(30)19-8-4-5-9-20(19)24(27)31/h1-13,21H,14-15H2,(H,26,29). The van der Waals surface area contributed by atoms with E-state index in [4.69, 9.17) is 4.74 Å². The fraction of sp³-hybridized carbons (Fsp3) is 0.120. The summed E-state index contributed by atoms with van der Waals surface area (Å²) in [6.07, 6.45) is 0.00904. The molecule has 1 aliphatic rings. The number of nitrogens with one attached hydrogen (secondary N) is 1. The van der Waals surface area contributed by atoms with Gasteiger partial charge in [0, 0.05) is 24.2 Å². The van der Waals surface area contributed by atoms with Crippen molar-refractivity contribution in [3.63, 3.8) is 0 Å². The Morgan fingerprint density at radius 2 is 1.46 bits per heavy atom. The number of hydrogen-bond donors (Lipinski definition) is 1. The van der Waals surface area contributed by atoms with Crippen LogP contribution in [0, 0.1) is 10.1 Å². The molecule has 0 aromatic heterocycles. The molecule has 1 aliphatic heterocycles. The molecular weight excluding hydrogens is 454 g/mol. The van der Waals surface area contributed by atoms with Gasteiger partial charge in [0.2, 0.25) is 0 Å². The van der Waals surface area contributed by atoms with Gasteiger partial charge in [-0.15, -0.1) is 0 Å². The number of nitro groups is 1. The van der Waals surface area contributed by atoms with Crippen LogP contribution in [-0.2, 0) is 20.7 Å². The summed E-state index contributed by atoms with van der Waals surface area (Å²) in [5.41, 5.74) is 1.22. The van der Waals surface area contributed by atoms with E-state index in [1.807, 2.05) is 0 Å². The van der Waals surface area contributed by atoms with Crippen LogP contribution in [0.3, 0.4) is 0 Å². The fourth-order valence-corrected chi connectivity index (χ4v) is 3.70. The summed E-state index contributed by atoms with van der Waals surface area (Å²) in [6.45, 7) is -0.676. The quantitative estimate of drug-likeness (QED) is 0.230. The van der Waals surface area contributed by atoms with Gasteiger partial charge in [0.1, 0.15) is 6.04 Å². The number of ether oxygens (including phenoxy) is 1. The number of imide groups is 1. The van der Waals surface area contributed by atoms with E-state index < -0.39 is 41.3 Å². The van der Waals surface area contributed by atoms with E-state index in [2.05, 4.69) is 5.32 Å². The Labute approximate surface area is 199 Å². The minimum Gasteiger partial charge on any atom is -0.454 e. The van der Waals surface area contributed by atoms with Gasteiger partial charge in [-0.1, -0.05) is 42.5 Å². The molecule has 176 valence electrons. The number of anilines is 1. The molecule has 0 bridgehead atoms. The van der Waals surface area contributed by atoms with Crippen molar-refractivity contribution in [3.05, 3.63) is 106 Å². The predicted octanol–water partition coefficient (Wildman–Crippen LogP) is 2.98. The number of benzene rings is 3. The molecule has 0 fully saturated rings. The van der Waals surface area contributed by atoms with Crippen LogP contribution in [0.2, 0.25) is 0 Å². The lowest BCUT2D eigenvalue weighted by Gasteiger charge is -2.24. The highest BCUT2D eigenvalue weighted by atomic mass is 16.6. The average Bonchev–Trinajstić information content (AvgIpc) is 3.12. The number of carbonyl (C=O) groups is 4. The summed E-state index contributed by atoms with van der Waals surface area (Å²) in [6, 6.07) is 18.9. The lowest BCUT2D eigenvalue weighted by Crippen LogP contribution is -2.47. The number of fused-ring (bicyclic) bond motifs is 1. The van der Waals surface area contributed by atoms with E-state index in [0.29, 0.717) is 5.56 Å². The van der Waals surface area contributed by atoms with Gasteiger partial charge >= 0.3 is 5.97 Å². The first kappa shape index (κ1) is 23.3. The zero-order valence-electron chi connectivity index (χ0n) is 18.2. The number of carbonyl (C=O) groups excluding carboxylic acids is 4. The van der Waals surface area contributed by atoms with Gasteiger partial charge in [0.25, 0.3) is 23.4 Å². The van der Waals surface area contributed by atoms with E-state index in [9.17, 15) is 29.3 Å². The summed E-state index contributed by atoms with van der Waals surface area (Å²) in [4.78, 5) is 62.3. The first-order valence-corrected chi connectivity index (χ1v) is 10.6. The highest BCUT2D eigenvalue weighted by molar-refractivity contribution is 6.22. The SMILES string of the molecule is O=C(COC(=O)C(Cc1ccccc1)N1C(=O)c2ccccc2C1=O)Nc1ccc([N+](=O)[O-])cc1. The second kappa shape index (κ2) is 9.96. The number of nitrogens with zero attached hydrogens (tertiary/aromatic N) is 2. The maximum Gasteiger partial charge on any atom is 0.330 e. The monoisotopic (exact) mass is 473 g/mol. The summed E-state index contributed by atoms with van der Waals surface area (Å²) < 4.78 is 5.17. The molecule has 0 aliphatic carbocycles. The minimum atomic E-state index is -1.28. The molecule has 10 nitrogen and oxygen atoms in total. The normalized spacial score (nSPS) is 13.2. The van der Waals surface area contributed by atoms with Crippen LogP contribution < -0.4 is 5.32 Å². The number of nitro benzene ring substituents is 1. The molecule has 35 heavy (non-hydrogen) atoms. The molecule has 1 N–H and O–H groups in total. The largest absolute Gasteiger partial charge is 0.454 e. The zero-order valence-corrected chi connectivity index (χ0v) is 18.2. The van der Waals surface area contributed by atoms with E-state index in [0.717, 1.165) is 4.90 Å². The van der Waals surface area contributed by atoms with E-state index in [-0.39, 0.29) is 28.9 Å². The molecule has 0 saturated heterocycles. The van der Waals surface area contributed by atoms with Crippen molar-refractivity contribution in [1.29, 1.82) is 0 Å². The number of esters is 1. The Bertz CT molecular complexity index is 1270. The van der Waals surface area contributed by atoms with Crippen molar-refractivity contribution in [2.45, 2.75) is 12.5 Å². The minimum absolute atomic E-state index is 0.00904. The van der Waals surface area contributed by atoms with Crippen molar-refractivity contribution in [1.82, 2.24) is 4.90 Å². The van der Waals surface area contributed by atoms with Gasteiger partial charge in [0.15, 0.2) is 6.61 Å². The van der Waals surface area contributed by atoms with Crippen LogP contribution in [-0.4, -0.2) is 46.2 Å². The Morgan fingerprint density at radius 3 is 2.03 bits per heavy atom. The lowest BCUT2D eigenvalue weighted by atomic mass is 10.0. The molecule has 1 atom stereocenters. The molecule has 3 aromatic carbocycles. The Kier molecular flexibility index (Phi) is 6.63. The van der Waals surface area contributed by atoms with E-state index >= 15 is 0 Å². The molecule has 0 radical (unpaired) electrons. The van der Waals surface area contributed by atoms with Crippen LogP contribution in [0.15, 0.2) is 78.9 Å². The van der Waals surface area contributed by atoms with Gasteiger partial charge in [0.05, 0.1) is 16.1 Å². The van der Waals surface area contributed by atoms with Crippen molar-refractivity contribution < 1.29 is 28.8 Å². The summed E-state index contributed by atoms with van der Waals surface area (Å²) in [5, 5.41) is 13.2. The van der Waals surface area contributed by atoms with Crippen molar-refractivity contribution in [2.75, 3.05) is 11.9 Å². The molecule has 1 heterocycles. The van der Waals surface area contributed by atoms with Crippen LogP contribution in [0.25, 0.3) is 0 Å². The van der Waals surface area contributed by atoms with Gasteiger partial charge in [-0.25, -0.2) is 4.79 Å². The maximum absolute atomic E-state index is 13.0. The molecule has 0 spiro atoms. The second-order valence-electron chi connectivity index (χ2n) is 7.69. The number of hydrogen-bond acceptors (Lipinski definition) is 7. The Morgan fingerprint density at radius 1 is 0.886 bits per heavy atom. The van der Waals surface area contributed by atoms with Gasteiger partial charge in [-0.05, 0) is 29.8 Å². The van der Waals surface area contributed by atoms with Gasteiger partial charge < -0.3 is 10.1 Å². The maximum atomic E-state index is 13.0. The number of amides is 3. The van der Waals surface area contributed by atoms with E-state index in [1.54, 1.807) is 42.5 Å². The topological polar surface area (TPSA) is 136 Å². The first-order valence-electron chi connectivity index (χ1n) is 10.6. The summed E-state index contributed by atoms with van der Waals surface area (Å²) >= 11 is 0. The highest BCUT2D eigenvalue weighted by Crippen LogP contribution is 2.26. The Balaban J connectivity index is 1.48. The van der Waals surface area contributed by atoms with Crippen LogP contribution >= 0.6 is 0 Å². The number of rotatable bonds is 8. The van der Waals surface area contributed by atoms with Crippen LogP contribution in [0.5, 0.6) is 0 Å². The smallest absolute Gasteiger partial charge is 0.330 e. The summed E-state index contributed by atoms with van der Waals surface area (Å²) in [7, 11) is 0. The van der Waals surface area contributed by atoms with Crippen molar-refractivity contribution in [3.8, 4) is 0 Å². The third-order valence-electron chi connectivity index (χ3n) is 5.39. The zero-order chi connectivity index (χ0) is 24.9.